The molecule has 1 N–H and O–H groups in total. The van der Waals surface area contributed by atoms with Gasteiger partial charge < -0.3 is 10.1 Å². The number of nitrogens with zero attached hydrogens (tertiary/aromatic N) is 1. The molecule has 1 atom stereocenters. The van der Waals surface area contributed by atoms with Crippen LogP contribution in [0.1, 0.15) is 25.1 Å². The molecule has 7 heteroatoms. The summed E-state index contributed by atoms with van der Waals surface area (Å²) in [6, 6.07) is 1.65. The van der Waals surface area contributed by atoms with Crippen molar-refractivity contribution in [3.63, 3.8) is 0 Å². The van der Waals surface area contributed by atoms with Crippen LogP contribution in [-0.4, -0.2) is 46.1 Å². The fourth-order valence-corrected chi connectivity index (χ4v) is 5.05. The fourth-order valence-electron chi connectivity index (χ4n) is 1.94. The predicted molar refractivity (Wildman–Crippen MR) is 82.6 cm³/mol. The monoisotopic (exact) mass is 320 g/mol. The average molecular weight is 320 g/mol. The normalized spacial score (nSPS) is 13.8. The van der Waals surface area contributed by atoms with Crippen molar-refractivity contribution in [2.24, 2.45) is 0 Å². The lowest BCUT2D eigenvalue weighted by Crippen LogP contribution is -2.40. The van der Waals surface area contributed by atoms with Crippen LogP contribution in [-0.2, 0) is 21.3 Å². The Morgan fingerprint density at radius 2 is 2.20 bits per heavy atom. The summed E-state index contributed by atoms with van der Waals surface area (Å²) in [5.74, 6) is 0. The molecule has 1 heterocycles. The van der Waals surface area contributed by atoms with Gasteiger partial charge in [0.2, 0.25) is 10.0 Å². The average Bonchev–Trinajstić information content (AvgIpc) is 2.88. The first kappa shape index (κ1) is 17.6. The zero-order chi connectivity index (χ0) is 15.2. The Hall–Kier alpha value is -0.470. The van der Waals surface area contributed by atoms with Gasteiger partial charge in [0.05, 0.1) is 11.5 Å². The van der Waals surface area contributed by atoms with Gasteiger partial charge in [-0.15, -0.1) is 11.3 Å². The van der Waals surface area contributed by atoms with E-state index in [-0.39, 0.29) is 6.04 Å². The molecule has 116 valence electrons. The lowest BCUT2D eigenvalue weighted by molar-refractivity contribution is 0.167. The smallest absolute Gasteiger partial charge is 0.244 e. The Morgan fingerprint density at radius 1 is 1.50 bits per heavy atom. The van der Waals surface area contributed by atoms with E-state index in [4.69, 9.17) is 4.74 Å². The van der Waals surface area contributed by atoms with Crippen LogP contribution in [0.5, 0.6) is 0 Å². The Kier molecular flexibility index (Phi) is 7.11. The maximum Gasteiger partial charge on any atom is 0.244 e. The molecule has 1 aromatic rings. The van der Waals surface area contributed by atoms with E-state index in [9.17, 15) is 8.42 Å². The maximum atomic E-state index is 12.8. The Balaban J connectivity index is 3.11. The molecule has 0 radical (unpaired) electrons. The second-order valence-electron chi connectivity index (χ2n) is 4.60. The summed E-state index contributed by atoms with van der Waals surface area (Å²) in [4.78, 5) is 1.26. The minimum atomic E-state index is -3.47. The highest BCUT2D eigenvalue weighted by Gasteiger charge is 2.30. The van der Waals surface area contributed by atoms with Crippen LogP contribution in [0, 0.1) is 0 Å². The topological polar surface area (TPSA) is 58.6 Å². The number of rotatable bonds is 9. The first-order chi connectivity index (χ1) is 9.48. The van der Waals surface area contributed by atoms with E-state index in [1.807, 2.05) is 26.3 Å². The van der Waals surface area contributed by atoms with E-state index in [0.717, 1.165) is 11.3 Å². The van der Waals surface area contributed by atoms with Gasteiger partial charge in [-0.1, -0.05) is 6.92 Å². The number of thiophene rings is 1. The third-order valence-corrected chi connectivity index (χ3v) is 6.38. The first-order valence-corrected chi connectivity index (χ1v) is 9.02. The maximum absolute atomic E-state index is 12.8. The van der Waals surface area contributed by atoms with Crippen molar-refractivity contribution in [1.82, 2.24) is 9.62 Å². The van der Waals surface area contributed by atoms with Crippen LogP contribution < -0.4 is 5.32 Å². The van der Waals surface area contributed by atoms with Crippen molar-refractivity contribution < 1.29 is 13.2 Å². The van der Waals surface area contributed by atoms with Crippen LogP contribution in [0.2, 0.25) is 0 Å². The molecule has 0 saturated heterocycles. The summed E-state index contributed by atoms with van der Waals surface area (Å²) >= 11 is 1.46. The summed E-state index contributed by atoms with van der Waals surface area (Å²) in [6.07, 6.45) is 0.772. The molecule has 1 aromatic heterocycles. The van der Waals surface area contributed by atoms with E-state index >= 15 is 0 Å². The molecule has 5 nitrogen and oxygen atoms in total. The summed E-state index contributed by atoms with van der Waals surface area (Å²) in [5.41, 5.74) is 0. The molecule has 0 aliphatic rings. The summed E-state index contributed by atoms with van der Waals surface area (Å²) in [6.45, 7) is 5.25. The van der Waals surface area contributed by atoms with Gasteiger partial charge >= 0.3 is 0 Å². The zero-order valence-corrected chi connectivity index (χ0v) is 14.2. The number of ether oxygens (including phenoxy) is 1. The van der Waals surface area contributed by atoms with Crippen LogP contribution in [0.25, 0.3) is 0 Å². The van der Waals surface area contributed by atoms with Crippen LogP contribution >= 0.6 is 11.3 Å². The second-order valence-corrected chi connectivity index (χ2v) is 7.46. The minimum Gasteiger partial charge on any atom is -0.383 e. The number of sulfonamides is 1. The molecular weight excluding hydrogens is 296 g/mol. The van der Waals surface area contributed by atoms with Crippen LogP contribution in [0.15, 0.2) is 16.3 Å². The largest absolute Gasteiger partial charge is 0.383 e. The van der Waals surface area contributed by atoms with Gasteiger partial charge in [-0.3, -0.25) is 0 Å². The van der Waals surface area contributed by atoms with E-state index in [1.54, 1.807) is 13.2 Å². The van der Waals surface area contributed by atoms with Crippen molar-refractivity contribution in [3.8, 4) is 0 Å². The molecule has 0 amide bonds. The van der Waals surface area contributed by atoms with Gasteiger partial charge in [0, 0.05) is 31.1 Å². The summed E-state index contributed by atoms with van der Waals surface area (Å²) in [5, 5.41) is 4.83. The second kappa shape index (κ2) is 8.09. The summed E-state index contributed by atoms with van der Waals surface area (Å²) in [7, 11) is -0.0757. The van der Waals surface area contributed by atoms with E-state index in [0.29, 0.717) is 24.6 Å². The molecule has 0 aromatic carbocycles. The van der Waals surface area contributed by atoms with Gasteiger partial charge in [-0.2, -0.15) is 4.31 Å². The predicted octanol–water partition coefficient (Wildman–Crippen LogP) is 1.90. The lowest BCUT2D eigenvalue weighted by Gasteiger charge is -2.27. The fraction of sp³-hybridized carbons (Fsp3) is 0.692. The quantitative estimate of drug-likeness (QED) is 0.755. The lowest BCUT2D eigenvalue weighted by atomic mass is 10.3. The molecule has 20 heavy (non-hydrogen) atoms. The number of methoxy groups -OCH3 is 1. The van der Waals surface area contributed by atoms with Crippen molar-refractivity contribution in [2.75, 3.05) is 27.3 Å². The van der Waals surface area contributed by atoms with E-state index in [2.05, 4.69) is 5.32 Å². The summed E-state index contributed by atoms with van der Waals surface area (Å²) < 4.78 is 32.3. The van der Waals surface area contributed by atoms with E-state index in [1.165, 1.54) is 15.6 Å². The molecule has 0 fully saturated rings. The molecule has 0 saturated carbocycles. The highest BCUT2D eigenvalue weighted by molar-refractivity contribution is 7.89. The van der Waals surface area contributed by atoms with Gasteiger partial charge in [-0.05, 0) is 31.8 Å². The number of hydrogen-bond donors (Lipinski definition) is 1. The molecule has 0 spiro atoms. The first-order valence-electron chi connectivity index (χ1n) is 6.70. The van der Waals surface area contributed by atoms with Gasteiger partial charge in [0.15, 0.2) is 0 Å². The van der Waals surface area contributed by atoms with Crippen molar-refractivity contribution in [1.29, 1.82) is 0 Å². The number of nitrogens with one attached hydrogen (secondary N) is 1. The standard InChI is InChI=1S/C13H24N2O3S2/c1-5-11(2)15(7-8-18-4)20(16,17)13-6-9-19-12(13)10-14-3/h6,9,11,14H,5,7-8,10H2,1-4H3. The molecular formula is C13H24N2O3S2. The van der Waals surface area contributed by atoms with Crippen molar-refractivity contribution >= 4 is 21.4 Å². The van der Waals surface area contributed by atoms with Crippen LogP contribution in [0.3, 0.4) is 0 Å². The third kappa shape index (κ3) is 4.02. The minimum absolute atomic E-state index is 0.0440. The van der Waals surface area contributed by atoms with Gasteiger partial charge in [0.1, 0.15) is 0 Å². The Morgan fingerprint density at radius 3 is 2.75 bits per heavy atom. The molecule has 0 aliphatic carbocycles. The van der Waals surface area contributed by atoms with Gasteiger partial charge in [-0.25, -0.2) is 8.42 Å². The Labute approximate surface area is 126 Å². The third-order valence-electron chi connectivity index (χ3n) is 3.23. The SMILES string of the molecule is CCC(C)N(CCOC)S(=O)(=O)c1ccsc1CNC. The highest BCUT2D eigenvalue weighted by atomic mass is 32.2. The van der Waals surface area contributed by atoms with Crippen molar-refractivity contribution in [2.45, 2.75) is 37.8 Å². The highest BCUT2D eigenvalue weighted by Crippen LogP contribution is 2.26. The van der Waals surface area contributed by atoms with E-state index < -0.39 is 10.0 Å². The molecule has 0 bridgehead atoms. The van der Waals surface area contributed by atoms with Crippen LogP contribution in [0.4, 0.5) is 0 Å². The molecule has 1 rings (SSSR count). The number of hydrogen-bond acceptors (Lipinski definition) is 5. The Bertz CT molecular complexity index is 499. The molecule has 1 unspecified atom stereocenters. The van der Waals surface area contributed by atoms with Gasteiger partial charge in [0.25, 0.3) is 0 Å². The zero-order valence-electron chi connectivity index (χ0n) is 12.5. The molecule has 0 aliphatic heterocycles. The van der Waals surface area contributed by atoms with Crippen molar-refractivity contribution in [3.05, 3.63) is 16.3 Å².